The van der Waals surface area contributed by atoms with Crippen LogP contribution < -0.4 is 4.74 Å². The highest BCUT2D eigenvalue weighted by molar-refractivity contribution is 9.10. The Hall–Kier alpha value is -0.790. The predicted molar refractivity (Wildman–Crippen MR) is 87.1 cm³/mol. The van der Waals surface area contributed by atoms with E-state index >= 15 is 0 Å². The Labute approximate surface area is 143 Å². The standard InChI is InChI=1S/C16H21BrF3N2O/c1-12(2)10-21-5-7-22(8-6-21)11-13-3-4-14(17)9-15(13)23-16(18,19)20/h3-4,9H,5-8,10-11H2,1-2H3. The Kier molecular flexibility index (Phi) is 6.33. The van der Waals surface area contributed by atoms with Crippen LogP contribution in [-0.4, -0.2) is 48.9 Å². The first-order valence-corrected chi connectivity index (χ1v) is 8.30. The first kappa shape index (κ1) is 18.5. The normalized spacial score (nSPS) is 17.7. The average Bonchev–Trinajstić information content (AvgIpc) is 2.41. The Morgan fingerprint density at radius 2 is 1.74 bits per heavy atom. The summed E-state index contributed by atoms with van der Waals surface area (Å²) < 4.78 is 42.4. The van der Waals surface area contributed by atoms with Crippen molar-refractivity contribution < 1.29 is 17.9 Å². The molecule has 0 aromatic heterocycles. The fourth-order valence-corrected chi connectivity index (χ4v) is 3.01. The minimum atomic E-state index is -4.68. The number of ether oxygens (including phenoxy) is 1. The zero-order valence-electron chi connectivity index (χ0n) is 13.3. The van der Waals surface area contributed by atoms with Gasteiger partial charge in [0, 0.05) is 49.3 Å². The summed E-state index contributed by atoms with van der Waals surface area (Å²) in [5.41, 5.74) is 0.553. The molecule has 0 aliphatic carbocycles. The van der Waals surface area contributed by atoms with Crippen molar-refractivity contribution in [1.82, 2.24) is 9.80 Å². The predicted octanol–water partition coefficient (Wildman–Crippen LogP) is 4.08. The van der Waals surface area contributed by atoms with Gasteiger partial charge < -0.3 is 9.64 Å². The lowest BCUT2D eigenvalue weighted by molar-refractivity contribution is -0.275. The zero-order valence-corrected chi connectivity index (χ0v) is 14.9. The van der Waals surface area contributed by atoms with E-state index in [9.17, 15) is 13.2 Å². The van der Waals surface area contributed by atoms with Crippen LogP contribution in [0.4, 0.5) is 13.2 Å². The van der Waals surface area contributed by atoms with Gasteiger partial charge in [0.2, 0.25) is 0 Å². The highest BCUT2D eigenvalue weighted by Gasteiger charge is 2.32. The van der Waals surface area contributed by atoms with Crippen molar-refractivity contribution in [1.29, 1.82) is 0 Å². The smallest absolute Gasteiger partial charge is 0.405 e. The molecular formula is C16H21BrF3N2O. The highest BCUT2D eigenvalue weighted by atomic mass is 79.9. The molecule has 1 aromatic carbocycles. The van der Waals surface area contributed by atoms with Crippen LogP contribution in [0, 0.1) is 5.92 Å². The number of alkyl halides is 3. The van der Waals surface area contributed by atoms with Crippen LogP contribution in [0.3, 0.4) is 0 Å². The van der Waals surface area contributed by atoms with Gasteiger partial charge in [-0.15, -0.1) is 13.2 Å². The zero-order chi connectivity index (χ0) is 17.0. The topological polar surface area (TPSA) is 15.7 Å². The Morgan fingerprint density at radius 1 is 1.13 bits per heavy atom. The van der Waals surface area contributed by atoms with E-state index in [1.807, 2.05) is 0 Å². The number of hydrogen-bond donors (Lipinski definition) is 0. The van der Waals surface area contributed by atoms with Crippen molar-refractivity contribution in [2.24, 2.45) is 0 Å². The van der Waals surface area contributed by atoms with Crippen molar-refractivity contribution in [2.75, 3.05) is 32.7 Å². The lowest BCUT2D eigenvalue weighted by atomic mass is 10.1. The number of piperazine rings is 1. The van der Waals surface area contributed by atoms with Crippen LogP contribution in [0.1, 0.15) is 19.4 Å². The minimum Gasteiger partial charge on any atom is -0.405 e. The Bertz CT molecular complexity index is 515. The van der Waals surface area contributed by atoms with E-state index in [4.69, 9.17) is 0 Å². The summed E-state index contributed by atoms with van der Waals surface area (Å²) in [6, 6.07) is 4.79. The van der Waals surface area contributed by atoms with Gasteiger partial charge in [0.05, 0.1) is 0 Å². The van der Waals surface area contributed by atoms with Gasteiger partial charge in [-0.2, -0.15) is 0 Å². The molecular weight excluding hydrogens is 373 g/mol. The summed E-state index contributed by atoms with van der Waals surface area (Å²) in [5.74, 6) is 1.24. The summed E-state index contributed by atoms with van der Waals surface area (Å²) in [6.07, 6.45) is -4.68. The average molecular weight is 394 g/mol. The Balaban J connectivity index is 1.98. The molecule has 1 fully saturated rings. The molecule has 129 valence electrons. The maximum Gasteiger partial charge on any atom is 0.573 e. The molecule has 1 aliphatic heterocycles. The van der Waals surface area contributed by atoms with Gasteiger partial charge in [0.25, 0.3) is 0 Å². The molecule has 2 rings (SSSR count). The molecule has 23 heavy (non-hydrogen) atoms. The second-order valence-electron chi connectivity index (χ2n) is 6.06. The van der Waals surface area contributed by atoms with Gasteiger partial charge in [-0.25, -0.2) is 0 Å². The fourth-order valence-electron chi connectivity index (χ4n) is 2.67. The first-order chi connectivity index (χ1) is 10.7. The van der Waals surface area contributed by atoms with E-state index in [1.54, 1.807) is 12.1 Å². The van der Waals surface area contributed by atoms with Gasteiger partial charge >= 0.3 is 6.36 Å². The largest absolute Gasteiger partial charge is 0.573 e. The van der Waals surface area contributed by atoms with Crippen molar-refractivity contribution in [2.45, 2.75) is 26.8 Å². The second-order valence-corrected chi connectivity index (χ2v) is 6.97. The number of nitrogens with zero attached hydrogens (tertiary/aromatic N) is 2. The molecule has 1 aromatic rings. The summed E-state index contributed by atoms with van der Waals surface area (Å²) in [6.45, 7) is 9.19. The van der Waals surface area contributed by atoms with E-state index in [0.29, 0.717) is 16.6 Å². The van der Waals surface area contributed by atoms with Crippen LogP contribution in [0.5, 0.6) is 5.75 Å². The van der Waals surface area contributed by atoms with Crippen LogP contribution in [-0.2, 0) is 6.54 Å². The SMILES string of the molecule is C[C](C)CN1CCN(Cc2ccc(Br)cc2OC(F)(F)F)CC1. The third-order valence-electron chi connectivity index (χ3n) is 3.65. The van der Waals surface area contributed by atoms with Crippen LogP contribution in [0.2, 0.25) is 0 Å². The van der Waals surface area contributed by atoms with Gasteiger partial charge in [-0.1, -0.05) is 35.8 Å². The van der Waals surface area contributed by atoms with Crippen molar-refractivity contribution in [3.8, 4) is 5.75 Å². The summed E-state index contributed by atoms with van der Waals surface area (Å²) >= 11 is 3.19. The van der Waals surface area contributed by atoms with Crippen molar-refractivity contribution in [3.05, 3.63) is 34.2 Å². The summed E-state index contributed by atoms with van der Waals surface area (Å²) in [4.78, 5) is 4.52. The van der Waals surface area contributed by atoms with E-state index in [2.05, 4.69) is 44.3 Å². The van der Waals surface area contributed by atoms with E-state index in [0.717, 1.165) is 32.7 Å². The van der Waals surface area contributed by atoms with Crippen LogP contribution in [0.15, 0.2) is 22.7 Å². The highest BCUT2D eigenvalue weighted by Crippen LogP contribution is 2.30. The third kappa shape index (κ3) is 6.31. The first-order valence-electron chi connectivity index (χ1n) is 7.51. The molecule has 3 nitrogen and oxygen atoms in total. The number of benzene rings is 1. The van der Waals surface area contributed by atoms with E-state index in [-0.39, 0.29) is 5.75 Å². The monoisotopic (exact) mass is 393 g/mol. The van der Waals surface area contributed by atoms with Crippen molar-refractivity contribution >= 4 is 15.9 Å². The molecule has 0 unspecified atom stereocenters. The van der Waals surface area contributed by atoms with Gasteiger partial charge in [-0.05, 0) is 18.1 Å². The van der Waals surface area contributed by atoms with Gasteiger partial charge in [-0.3, -0.25) is 4.90 Å². The molecule has 0 saturated carbocycles. The lowest BCUT2D eigenvalue weighted by Crippen LogP contribution is -2.46. The molecule has 0 N–H and O–H groups in total. The maximum absolute atomic E-state index is 12.5. The van der Waals surface area contributed by atoms with E-state index in [1.165, 1.54) is 12.0 Å². The maximum atomic E-state index is 12.5. The molecule has 0 spiro atoms. The van der Waals surface area contributed by atoms with Gasteiger partial charge in [0.15, 0.2) is 0 Å². The third-order valence-corrected chi connectivity index (χ3v) is 4.15. The molecule has 0 bridgehead atoms. The van der Waals surface area contributed by atoms with Crippen molar-refractivity contribution in [3.63, 3.8) is 0 Å². The molecule has 7 heteroatoms. The molecule has 1 saturated heterocycles. The summed E-state index contributed by atoms with van der Waals surface area (Å²) in [5, 5.41) is 0. The summed E-state index contributed by atoms with van der Waals surface area (Å²) in [7, 11) is 0. The molecule has 1 aliphatic rings. The number of halogens is 4. The molecule has 0 amide bonds. The van der Waals surface area contributed by atoms with E-state index < -0.39 is 6.36 Å². The van der Waals surface area contributed by atoms with Crippen LogP contribution >= 0.6 is 15.9 Å². The molecule has 1 heterocycles. The number of rotatable bonds is 5. The number of hydrogen-bond acceptors (Lipinski definition) is 3. The molecule has 0 atom stereocenters. The molecule has 1 radical (unpaired) electrons. The minimum absolute atomic E-state index is 0.132. The van der Waals surface area contributed by atoms with Crippen LogP contribution in [0.25, 0.3) is 0 Å². The fraction of sp³-hybridized carbons (Fsp3) is 0.562. The quantitative estimate of drug-likeness (QED) is 0.749. The lowest BCUT2D eigenvalue weighted by Gasteiger charge is -2.35. The Morgan fingerprint density at radius 3 is 2.30 bits per heavy atom. The second kappa shape index (κ2) is 7.85. The van der Waals surface area contributed by atoms with Gasteiger partial charge in [0.1, 0.15) is 5.75 Å².